The molecule has 1 saturated heterocycles. The lowest BCUT2D eigenvalue weighted by atomic mass is 10.1. The van der Waals surface area contributed by atoms with Crippen molar-refractivity contribution in [3.05, 3.63) is 0 Å². The molecular formula is C11H25N3O3S. The molecule has 0 aliphatic carbocycles. The van der Waals surface area contributed by atoms with Crippen molar-refractivity contribution in [2.75, 3.05) is 33.8 Å². The molecule has 18 heavy (non-hydrogen) atoms. The van der Waals surface area contributed by atoms with Crippen molar-refractivity contribution in [1.82, 2.24) is 14.3 Å². The predicted octanol–water partition coefficient (Wildman–Crippen LogP) is -0.0704. The molecule has 0 spiro atoms. The molecule has 0 aromatic heterocycles. The third-order valence-electron chi connectivity index (χ3n) is 3.28. The van der Waals surface area contributed by atoms with E-state index >= 15 is 0 Å². The average Bonchev–Trinajstić information content (AvgIpc) is 2.37. The molecule has 1 aliphatic heterocycles. The second-order valence-electron chi connectivity index (χ2n) is 4.72. The fraction of sp³-hybridized carbons (Fsp3) is 1.00. The summed E-state index contributed by atoms with van der Waals surface area (Å²) in [5.74, 6) is 0. The monoisotopic (exact) mass is 279 g/mol. The Morgan fingerprint density at radius 2 is 2.17 bits per heavy atom. The van der Waals surface area contributed by atoms with Crippen LogP contribution in [0.3, 0.4) is 0 Å². The van der Waals surface area contributed by atoms with Gasteiger partial charge in [-0.2, -0.15) is 17.4 Å². The molecule has 0 aromatic carbocycles. The highest BCUT2D eigenvalue weighted by Gasteiger charge is 2.31. The smallest absolute Gasteiger partial charge is 0.279 e. The van der Waals surface area contributed by atoms with Crippen LogP contribution in [0, 0.1) is 0 Å². The summed E-state index contributed by atoms with van der Waals surface area (Å²) < 4.78 is 33.7. The molecule has 0 amide bonds. The van der Waals surface area contributed by atoms with Crippen LogP contribution in [0.15, 0.2) is 0 Å². The molecule has 0 bridgehead atoms. The van der Waals surface area contributed by atoms with Gasteiger partial charge in [0.15, 0.2) is 0 Å². The van der Waals surface area contributed by atoms with Crippen LogP contribution in [0.25, 0.3) is 0 Å². The van der Waals surface area contributed by atoms with Gasteiger partial charge in [-0.3, -0.25) is 0 Å². The maximum atomic E-state index is 12.2. The Kier molecular flexibility index (Phi) is 6.51. The summed E-state index contributed by atoms with van der Waals surface area (Å²) in [5, 5.41) is 3.06. The van der Waals surface area contributed by atoms with E-state index in [1.807, 2.05) is 14.0 Å². The van der Waals surface area contributed by atoms with Crippen LogP contribution >= 0.6 is 0 Å². The minimum Gasteiger partial charge on any atom is -0.380 e. The first-order valence-corrected chi connectivity index (χ1v) is 7.89. The van der Waals surface area contributed by atoms with Crippen LogP contribution in [0.2, 0.25) is 0 Å². The van der Waals surface area contributed by atoms with Crippen molar-refractivity contribution in [3.63, 3.8) is 0 Å². The maximum absolute atomic E-state index is 12.2. The van der Waals surface area contributed by atoms with E-state index in [0.29, 0.717) is 19.6 Å². The first-order chi connectivity index (χ1) is 8.51. The van der Waals surface area contributed by atoms with E-state index in [1.54, 1.807) is 11.4 Å². The second kappa shape index (κ2) is 7.40. The van der Waals surface area contributed by atoms with Gasteiger partial charge in [-0.05, 0) is 26.8 Å². The number of rotatable bonds is 7. The van der Waals surface area contributed by atoms with E-state index < -0.39 is 10.2 Å². The van der Waals surface area contributed by atoms with Gasteiger partial charge in [0.1, 0.15) is 0 Å². The molecule has 1 heterocycles. The van der Waals surface area contributed by atoms with Gasteiger partial charge in [0.2, 0.25) is 0 Å². The summed E-state index contributed by atoms with van der Waals surface area (Å²) in [5.41, 5.74) is 0. The van der Waals surface area contributed by atoms with Crippen molar-refractivity contribution in [1.29, 1.82) is 0 Å². The third-order valence-corrected chi connectivity index (χ3v) is 4.91. The van der Waals surface area contributed by atoms with Crippen LogP contribution in [0.1, 0.15) is 26.2 Å². The van der Waals surface area contributed by atoms with E-state index in [1.165, 1.54) is 0 Å². The second-order valence-corrected chi connectivity index (χ2v) is 6.43. The lowest BCUT2D eigenvalue weighted by Crippen LogP contribution is -2.52. The van der Waals surface area contributed by atoms with E-state index in [9.17, 15) is 8.42 Å². The van der Waals surface area contributed by atoms with Crippen molar-refractivity contribution in [3.8, 4) is 0 Å². The van der Waals surface area contributed by atoms with Crippen LogP contribution in [0.5, 0.6) is 0 Å². The van der Waals surface area contributed by atoms with Gasteiger partial charge < -0.3 is 10.1 Å². The first kappa shape index (κ1) is 15.8. The summed E-state index contributed by atoms with van der Waals surface area (Å²) in [7, 11) is 0.0236. The molecule has 1 aliphatic rings. The molecule has 0 aromatic rings. The molecule has 108 valence electrons. The Labute approximate surface area is 110 Å². The van der Waals surface area contributed by atoms with Gasteiger partial charge in [-0.1, -0.05) is 6.42 Å². The lowest BCUT2D eigenvalue weighted by molar-refractivity contribution is 0.121. The van der Waals surface area contributed by atoms with E-state index in [4.69, 9.17) is 4.74 Å². The molecule has 7 heteroatoms. The quantitative estimate of drug-likeness (QED) is 0.684. The number of nitrogens with one attached hydrogen (secondary N) is 2. The van der Waals surface area contributed by atoms with E-state index in [2.05, 4.69) is 10.0 Å². The van der Waals surface area contributed by atoms with Gasteiger partial charge in [-0.15, -0.1) is 0 Å². The first-order valence-electron chi connectivity index (χ1n) is 6.45. The molecule has 0 saturated carbocycles. The number of piperidine rings is 1. The molecule has 2 N–H and O–H groups in total. The summed E-state index contributed by atoms with van der Waals surface area (Å²) in [6, 6.07) is 0.0547. The lowest BCUT2D eigenvalue weighted by Gasteiger charge is -2.34. The predicted molar refractivity (Wildman–Crippen MR) is 71.7 cm³/mol. The SMILES string of the molecule is CNCC1CCCCN1S(=O)(=O)NCC(C)OC. The minimum atomic E-state index is -3.40. The minimum absolute atomic E-state index is 0.0547. The van der Waals surface area contributed by atoms with Crippen molar-refractivity contribution in [2.24, 2.45) is 0 Å². The zero-order valence-electron chi connectivity index (χ0n) is 11.5. The van der Waals surface area contributed by atoms with E-state index in [0.717, 1.165) is 19.3 Å². The highest BCUT2D eigenvalue weighted by Crippen LogP contribution is 2.19. The number of hydrogen-bond acceptors (Lipinski definition) is 4. The number of likely N-dealkylation sites (N-methyl/N-ethyl adjacent to an activating group) is 1. The molecule has 6 nitrogen and oxygen atoms in total. The fourth-order valence-electron chi connectivity index (χ4n) is 2.12. The van der Waals surface area contributed by atoms with Crippen molar-refractivity contribution in [2.45, 2.75) is 38.3 Å². The summed E-state index contributed by atoms with van der Waals surface area (Å²) in [4.78, 5) is 0. The number of methoxy groups -OCH3 is 1. The Morgan fingerprint density at radius 1 is 1.44 bits per heavy atom. The summed E-state index contributed by atoms with van der Waals surface area (Å²) in [6.45, 7) is 3.44. The van der Waals surface area contributed by atoms with E-state index in [-0.39, 0.29) is 12.1 Å². The summed E-state index contributed by atoms with van der Waals surface area (Å²) >= 11 is 0. The molecular weight excluding hydrogens is 254 g/mol. The molecule has 2 atom stereocenters. The van der Waals surface area contributed by atoms with Gasteiger partial charge in [0.25, 0.3) is 10.2 Å². The fourth-order valence-corrected chi connectivity index (χ4v) is 3.67. The third kappa shape index (κ3) is 4.47. The van der Waals surface area contributed by atoms with Crippen molar-refractivity contribution >= 4 is 10.2 Å². The topological polar surface area (TPSA) is 70.7 Å². The number of nitrogens with zero attached hydrogens (tertiary/aromatic N) is 1. The Morgan fingerprint density at radius 3 is 2.78 bits per heavy atom. The number of hydrogen-bond donors (Lipinski definition) is 2. The standard InChI is InChI=1S/C11H25N3O3S/c1-10(17-3)8-13-18(15,16)14-7-5-4-6-11(14)9-12-2/h10-13H,4-9H2,1-3H3. The highest BCUT2D eigenvalue weighted by atomic mass is 32.2. The summed E-state index contributed by atoms with van der Waals surface area (Å²) in [6.07, 6.45) is 2.82. The molecule has 2 unspecified atom stereocenters. The van der Waals surface area contributed by atoms with Crippen LogP contribution in [0.4, 0.5) is 0 Å². The average molecular weight is 279 g/mol. The van der Waals surface area contributed by atoms with Crippen LogP contribution < -0.4 is 10.0 Å². The largest absolute Gasteiger partial charge is 0.380 e. The van der Waals surface area contributed by atoms with Gasteiger partial charge in [0.05, 0.1) is 6.10 Å². The zero-order valence-corrected chi connectivity index (χ0v) is 12.3. The maximum Gasteiger partial charge on any atom is 0.279 e. The highest BCUT2D eigenvalue weighted by molar-refractivity contribution is 7.87. The van der Waals surface area contributed by atoms with Gasteiger partial charge in [0, 0.05) is 32.8 Å². The Hall–Kier alpha value is -0.210. The normalized spacial score (nSPS) is 24.1. The Bertz CT molecular complexity index is 332. The van der Waals surface area contributed by atoms with Crippen LogP contribution in [-0.4, -0.2) is 58.7 Å². The molecule has 1 rings (SSSR count). The van der Waals surface area contributed by atoms with Crippen molar-refractivity contribution < 1.29 is 13.2 Å². The number of ether oxygens (including phenoxy) is 1. The van der Waals surface area contributed by atoms with Crippen LogP contribution in [-0.2, 0) is 14.9 Å². The van der Waals surface area contributed by atoms with Gasteiger partial charge in [-0.25, -0.2) is 0 Å². The molecule has 1 fully saturated rings. The Balaban J connectivity index is 2.62. The van der Waals surface area contributed by atoms with Gasteiger partial charge >= 0.3 is 0 Å². The molecule has 0 radical (unpaired) electrons. The zero-order chi connectivity index (χ0) is 13.6.